The lowest BCUT2D eigenvalue weighted by Gasteiger charge is -2.10. The van der Waals surface area contributed by atoms with Crippen LogP contribution in [-0.4, -0.2) is 54.1 Å². The first-order valence-electron chi connectivity index (χ1n) is 5.81. The SMILES string of the molecule is COC(=O)c1nn(C[C@@H](C)OC)c(C(=O)OC)c1[N+](=O)[O-]. The monoisotopic (exact) mass is 301 g/mol. The third kappa shape index (κ3) is 3.34. The molecule has 0 aliphatic rings. The van der Waals surface area contributed by atoms with Crippen molar-refractivity contribution in [3.05, 3.63) is 21.5 Å². The normalized spacial score (nSPS) is 11.8. The second-order valence-corrected chi connectivity index (χ2v) is 4.01. The van der Waals surface area contributed by atoms with Gasteiger partial charge in [-0.15, -0.1) is 0 Å². The summed E-state index contributed by atoms with van der Waals surface area (Å²) in [6, 6.07) is 0. The number of ether oxygens (including phenoxy) is 3. The Kier molecular flexibility index (Phi) is 5.36. The van der Waals surface area contributed by atoms with Gasteiger partial charge in [0.25, 0.3) is 0 Å². The molecule has 0 bridgehead atoms. The van der Waals surface area contributed by atoms with Gasteiger partial charge in [-0.25, -0.2) is 14.3 Å². The van der Waals surface area contributed by atoms with Crippen molar-refractivity contribution in [1.82, 2.24) is 9.78 Å². The highest BCUT2D eigenvalue weighted by Crippen LogP contribution is 2.25. The molecule has 0 radical (unpaired) electrons. The Balaban J connectivity index is 3.51. The molecule has 10 heteroatoms. The van der Waals surface area contributed by atoms with E-state index in [0.29, 0.717) is 0 Å². The van der Waals surface area contributed by atoms with Gasteiger partial charge in [0.1, 0.15) is 0 Å². The van der Waals surface area contributed by atoms with Crippen molar-refractivity contribution in [3.63, 3.8) is 0 Å². The van der Waals surface area contributed by atoms with Gasteiger partial charge in [0.2, 0.25) is 11.4 Å². The molecule has 1 aromatic rings. The predicted octanol–water partition coefficient (Wildman–Crippen LogP) is 0.399. The van der Waals surface area contributed by atoms with Crippen LogP contribution >= 0.6 is 0 Å². The molecule has 0 aromatic carbocycles. The molecule has 0 saturated heterocycles. The number of methoxy groups -OCH3 is 3. The third-order valence-corrected chi connectivity index (χ3v) is 2.70. The van der Waals surface area contributed by atoms with Crippen LogP contribution in [0.1, 0.15) is 27.9 Å². The van der Waals surface area contributed by atoms with Gasteiger partial charge in [0.15, 0.2) is 0 Å². The third-order valence-electron chi connectivity index (χ3n) is 2.70. The van der Waals surface area contributed by atoms with Gasteiger partial charge < -0.3 is 14.2 Å². The zero-order valence-corrected chi connectivity index (χ0v) is 12.0. The highest BCUT2D eigenvalue weighted by molar-refractivity contribution is 6.00. The molecule has 0 aliphatic heterocycles. The van der Waals surface area contributed by atoms with E-state index in [4.69, 9.17) is 4.74 Å². The Bertz CT molecular complexity index is 566. The Hall–Kier alpha value is -2.49. The Labute approximate surface area is 119 Å². The second-order valence-electron chi connectivity index (χ2n) is 4.01. The van der Waals surface area contributed by atoms with E-state index in [9.17, 15) is 19.7 Å². The van der Waals surface area contributed by atoms with E-state index in [1.54, 1.807) is 6.92 Å². The number of nitrogens with zero attached hydrogens (tertiary/aromatic N) is 3. The van der Waals surface area contributed by atoms with Crippen LogP contribution in [0.15, 0.2) is 0 Å². The van der Waals surface area contributed by atoms with E-state index in [1.807, 2.05) is 0 Å². The van der Waals surface area contributed by atoms with Crippen LogP contribution in [0.3, 0.4) is 0 Å². The fraction of sp³-hybridized carbons (Fsp3) is 0.545. The van der Waals surface area contributed by atoms with E-state index >= 15 is 0 Å². The molecule has 0 aliphatic carbocycles. The zero-order chi connectivity index (χ0) is 16.2. The summed E-state index contributed by atoms with van der Waals surface area (Å²) in [6.07, 6.45) is -0.390. The van der Waals surface area contributed by atoms with Gasteiger partial charge >= 0.3 is 17.6 Å². The number of carbonyl (C=O) groups is 2. The minimum atomic E-state index is -1.02. The molecule has 0 unspecified atom stereocenters. The Morgan fingerprint density at radius 3 is 2.29 bits per heavy atom. The molecule has 0 N–H and O–H groups in total. The number of aromatic nitrogens is 2. The van der Waals surface area contributed by atoms with Crippen molar-refractivity contribution in [2.24, 2.45) is 0 Å². The van der Waals surface area contributed by atoms with Gasteiger partial charge in [-0.3, -0.25) is 10.1 Å². The number of hydrogen-bond donors (Lipinski definition) is 0. The van der Waals surface area contributed by atoms with E-state index in [2.05, 4.69) is 14.6 Å². The topological polar surface area (TPSA) is 123 Å². The fourth-order valence-corrected chi connectivity index (χ4v) is 1.61. The van der Waals surface area contributed by atoms with Crippen molar-refractivity contribution in [2.45, 2.75) is 19.6 Å². The molecule has 1 atom stereocenters. The molecule has 116 valence electrons. The molecule has 0 spiro atoms. The number of nitro groups is 1. The summed E-state index contributed by atoms with van der Waals surface area (Å²) in [5.41, 5.74) is -1.75. The summed E-state index contributed by atoms with van der Waals surface area (Å²) in [7, 11) is 3.56. The van der Waals surface area contributed by atoms with Gasteiger partial charge in [0.05, 0.1) is 31.8 Å². The molecule has 1 rings (SSSR count). The van der Waals surface area contributed by atoms with Crippen LogP contribution in [0.25, 0.3) is 0 Å². The Morgan fingerprint density at radius 1 is 1.29 bits per heavy atom. The van der Waals surface area contributed by atoms with Gasteiger partial charge in [-0.2, -0.15) is 5.10 Å². The molecule has 0 amide bonds. The molecule has 0 saturated carbocycles. The van der Waals surface area contributed by atoms with E-state index in [1.165, 1.54) is 7.11 Å². The largest absolute Gasteiger partial charge is 0.464 e. The molecular formula is C11H15N3O7. The second kappa shape index (κ2) is 6.79. The average Bonchev–Trinajstić information content (AvgIpc) is 2.84. The van der Waals surface area contributed by atoms with Gasteiger partial charge in [-0.05, 0) is 6.92 Å². The van der Waals surface area contributed by atoms with Crippen molar-refractivity contribution in [2.75, 3.05) is 21.3 Å². The minimum Gasteiger partial charge on any atom is -0.464 e. The maximum Gasteiger partial charge on any atom is 0.365 e. The van der Waals surface area contributed by atoms with Crippen molar-refractivity contribution >= 4 is 17.6 Å². The van der Waals surface area contributed by atoms with Crippen molar-refractivity contribution in [3.8, 4) is 0 Å². The summed E-state index contributed by atoms with van der Waals surface area (Å²) in [4.78, 5) is 33.6. The summed E-state index contributed by atoms with van der Waals surface area (Å²) in [5, 5.41) is 14.9. The number of carbonyl (C=O) groups excluding carboxylic acids is 2. The van der Waals surface area contributed by atoms with Gasteiger partial charge in [0, 0.05) is 7.11 Å². The zero-order valence-electron chi connectivity index (χ0n) is 12.0. The van der Waals surface area contributed by atoms with E-state index < -0.39 is 40.0 Å². The smallest absolute Gasteiger partial charge is 0.365 e. The standard InChI is InChI=1S/C11H15N3O7/c1-6(19-2)5-13-9(11(16)21-4)8(14(17)18)7(12-13)10(15)20-3/h6H,5H2,1-4H3/t6-/m1/s1. The van der Waals surface area contributed by atoms with E-state index in [-0.39, 0.29) is 6.54 Å². The maximum absolute atomic E-state index is 11.8. The molecule has 1 aromatic heterocycles. The lowest BCUT2D eigenvalue weighted by molar-refractivity contribution is -0.385. The van der Waals surface area contributed by atoms with E-state index in [0.717, 1.165) is 18.9 Å². The van der Waals surface area contributed by atoms with Crippen LogP contribution in [0.4, 0.5) is 5.69 Å². The maximum atomic E-state index is 11.8. The fourth-order valence-electron chi connectivity index (χ4n) is 1.61. The number of esters is 2. The molecular weight excluding hydrogens is 286 g/mol. The number of hydrogen-bond acceptors (Lipinski definition) is 8. The Morgan fingerprint density at radius 2 is 1.86 bits per heavy atom. The molecule has 10 nitrogen and oxygen atoms in total. The average molecular weight is 301 g/mol. The lowest BCUT2D eigenvalue weighted by atomic mass is 10.3. The van der Waals surface area contributed by atoms with Gasteiger partial charge in [-0.1, -0.05) is 0 Å². The van der Waals surface area contributed by atoms with Crippen molar-refractivity contribution < 1.29 is 28.7 Å². The summed E-state index contributed by atoms with van der Waals surface area (Å²) >= 11 is 0. The van der Waals surface area contributed by atoms with Crippen LogP contribution in [-0.2, 0) is 20.8 Å². The first-order valence-corrected chi connectivity index (χ1v) is 5.81. The first-order chi connectivity index (χ1) is 9.87. The molecule has 21 heavy (non-hydrogen) atoms. The minimum absolute atomic E-state index is 0.0266. The van der Waals surface area contributed by atoms with Crippen LogP contribution < -0.4 is 0 Å². The molecule has 0 fully saturated rings. The highest BCUT2D eigenvalue weighted by Gasteiger charge is 2.37. The summed E-state index contributed by atoms with van der Waals surface area (Å²) in [6.45, 7) is 1.70. The number of rotatable bonds is 6. The summed E-state index contributed by atoms with van der Waals surface area (Å²) in [5.74, 6) is -2.00. The quantitative estimate of drug-likeness (QED) is 0.420. The van der Waals surface area contributed by atoms with Crippen LogP contribution in [0.2, 0.25) is 0 Å². The molecule has 1 heterocycles. The van der Waals surface area contributed by atoms with Crippen LogP contribution in [0.5, 0.6) is 0 Å². The predicted molar refractivity (Wildman–Crippen MR) is 68.0 cm³/mol. The van der Waals surface area contributed by atoms with Crippen LogP contribution in [0, 0.1) is 10.1 Å². The highest BCUT2D eigenvalue weighted by atomic mass is 16.6. The summed E-state index contributed by atoms with van der Waals surface area (Å²) < 4.78 is 15.0. The first kappa shape index (κ1) is 16.6. The lowest BCUT2D eigenvalue weighted by Crippen LogP contribution is -2.20. The van der Waals surface area contributed by atoms with Crippen molar-refractivity contribution in [1.29, 1.82) is 0 Å².